The van der Waals surface area contributed by atoms with Crippen molar-refractivity contribution in [3.63, 3.8) is 0 Å². The van der Waals surface area contributed by atoms with Crippen LogP contribution in [-0.2, 0) is 11.2 Å². The van der Waals surface area contributed by atoms with Gasteiger partial charge < -0.3 is 10.5 Å². The van der Waals surface area contributed by atoms with Gasteiger partial charge in [-0.15, -0.1) is 11.8 Å². The van der Waals surface area contributed by atoms with E-state index in [1.165, 1.54) is 10.5 Å². The first-order valence-electron chi connectivity index (χ1n) is 8.25. The molecule has 0 saturated heterocycles. The van der Waals surface area contributed by atoms with Crippen LogP contribution in [0, 0.1) is 11.3 Å². The number of hydrogen-bond acceptors (Lipinski definition) is 4. The molecule has 3 nitrogen and oxygen atoms in total. The molecule has 2 N–H and O–H groups in total. The minimum absolute atomic E-state index is 0.127. The Kier molecular flexibility index (Phi) is 4.03. The summed E-state index contributed by atoms with van der Waals surface area (Å²) in [6.45, 7) is 0. The topological polar surface area (TPSA) is 59.0 Å². The molecule has 0 unspecified atom stereocenters. The average molecular weight is 346 g/mol. The van der Waals surface area contributed by atoms with Crippen molar-refractivity contribution >= 4 is 17.5 Å². The fourth-order valence-electron chi connectivity index (χ4n) is 3.68. The van der Waals surface area contributed by atoms with Gasteiger partial charge in [0.2, 0.25) is 5.88 Å². The molecule has 2 aromatic carbocycles. The number of ether oxygens (including phenoxy) is 1. The Balaban J connectivity index is 1.88. The molecule has 0 bridgehead atoms. The molecule has 124 valence electrons. The largest absolute Gasteiger partial charge is 0.440 e. The summed E-state index contributed by atoms with van der Waals surface area (Å²) in [5, 5.41) is 9.68. The molecule has 0 fully saturated rings. The lowest BCUT2D eigenvalue weighted by Crippen LogP contribution is -2.23. The van der Waals surface area contributed by atoms with E-state index in [0.717, 1.165) is 35.3 Å². The molecule has 0 aromatic heterocycles. The van der Waals surface area contributed by atoms with E-state index in [9.17, 15) is 5.26 Å². The van der Waals surface area contributed by atoms with Crippen LogP contribution in [0.3, 0.4) is 0 Å². The van der Waals surface area contributed by atoms with E-state index in [1.54, 1.807) is 11.8 Å². The third kappa shape index (κ3) is 2.61. The van der Waals surface area contributed by atoms with Crippen LogP contribution in [-0.4, -0.2) is 6.26 Å². The van der Waals surface area contributed by atoms with Crippen LogP contribution in [0.4, 0.5) is 0 Å². The van der Waals surface area contributed by atoms with Gasteiger partial charge >= 0.3 is 0 Å². The Morgan fingerprint density at radius 1 is 1.12 bits per heavy atom. The minimum atomic E-state index is -0.127. The highest BCUT2D eigenvalue weighted by Gasteiger charge is 2.35. The van der Waals surface area contributed by atoms with E-state index in [4.69, 9.17) is 10.5 Å². The third-order valence-electron chi connectivity index (χ3n) is 4.90. The van der Waals surface area contributed by atoms with E-state index in [2.05, 4.69) is 48.7 Å². The maximum Gasteiger partial charge on any atom is 0.205 e. The second-order valence-electron chi connectivity index (χ2n) is 6.21. The lowest BCUT2D eigenvalue weighted by atomic mass is 9.77. The van der Waals surface area contributed by atoms with Crippen LogP contribution in [0.15, 0.2) is 70.5 Å². The van der Waals surface area contributed by atoms with Gasteiger partial charge in [-0.3, -0.25) is 0 Å². The summed E-state index contributed by atoms with van der Waals surface area (Å²) in [5.74, 6) is 0.923. The fourth-order valence-corrected chi connectivity index (χ4v) is 4.09. The molecule has 1 aliphatic heterocycles. The van der Waals surface area contributed by atoms with Crippen LogP contribution >= 0.6 is 11.8 Å². The number of benzene rings is 2. The first kappa shape index (κ1) is 15.9. The number of fused-ring (bicyclic) bond motifs is 2. The predicted molar refractivity (Wildman–Crippen MR) is 101 cm³/mol. The Morgan fingerprint density at radius 2 is 1.88 bits per heavy atom. The molecule has 0 spiro atoms. The smallest absolute Gasteiger partial charge is 0.205 e. The zero-order valence-electron chi connectivity index (χ0n) is 14.0. The monoisotopic (exact) mass is 346 g/mol. The number of thioether (sulfide) groups is 1. The van der Waals surface area contributed by atoms with Crippen molar-refractivity contribution in [1.82, 2.24) is 0 Å². The molecule has 0 amide bonds. The highest BCUT2D eigenvalue weighted by Crippen LogP contribution is 2.47. The summed E-state index contributed by atoms with van der Waals surface area (Å²) in [4.78, 5) is 1.20. The van der Waals surface area contributed by atoms with Crippen molar-refractivity contribution in [2.24, 2.45) is 5.73 Å². The maximum atomic E-state index is 9.68. The Morgan fingerprint density at radius 3 is 2.60 bits per heavy atom. The van der Waals surface area contributed by atoms with Gasteiger partial charge in [0.25, 0.3) is 0 Å². The van der Waals surface area contributed by atoms with Gasteiger partial charge in [0.05, 0.1) is 0 Å². The molecule has 1 atom stereocenters. The predicted octanol–water partition coefficient (Wildman–Crippen LogP) is 4.57. The maximum absolute atomic E-state index is 9.68. The molecule has 1 aliphatic carbocycles. The molecule has 4 rings (SSSR count). The lowest BCUT2D eigenvalue weighted by Gasteiger charge is -2.33. The first-order valence-corrected chi connectivity index (χ1v) is 9.48. The van der Waals surface area contributed by atoms with E-state index in [1.807, 2.05) is 12.1 Å². The summed E-state index contributed by atoms with van der Waals surface area (Å²) in [7, 11) is 0. The van der Waals surface area contributed by atoms with Crippen LogP contribution < -0.4 is 5.73 Å². The lowest BCUT2D eigenvalue weighted by molar-refractivity contribution is 0.349. The normalized spacial score (nSPS) is 19.0. The van der Waals surface area contributed by atoms with Crippen molar-refractivity contribution in [3.8, 4) is 6.07 Å². The molecule has 2 aliphatic rings. The summed E-state index contributed by atoms with van der Waals surface area (Å²) in [6, 6.07) is 18.9. The zero-order chi connectivity index (χ0) is 17.4. The van der Waals surface area contributed by atoms with Gasteiger partial charge in [-0.2, -0.15) is 5.26 Å². The van der Waals surface area contributed by atoms with Crippen molar-refractivity contribution < 1.29 is 4.74 Å². The van der Waals surface area contributed by atoms with Gasteiger partial charge in [0, 0.05) is 16.4 Å². The molecule has 25 heavy (non-hydrogen) atoms. The Hall–Kier alpha value is -2.64. The number of rotatable bonds is 2. The van der Waals surface area contributed by atoms with Crippen molar-refractivity contribution in [2.75, 3.05) is 6.26 Å². The molecular formula is C21H18N2OS. The summed E-state index contributed by atoms with van der Waals surface area (Å²) < 4.78 is 5.93. The second kappa shape index (κ2) is 6.34. The van der Waals surface area contributed by atoms with Crippen molar-refractivity contribution in [2.45, 2.75) is 23.7 Å². The van der Waals surface area contributed by atoms with Crippen LogP contribution in [0.1, 0.15) is 29.0 Å². The molecule has 2 aromatic rings. The van der Waals surface area contributed by atoms with E-state index >= 15 is 0 Å². The summed E-state index contributed by atoms with van der Waals surface area (Å²) >= 11 is 1.71. The van der Waals surface area contributed by atoms with Crippen molar-refractivity contribution in [1.29, 1.82) is 5.26 Å². The highest BCUT2D eigenvalue weighted by molar-refractivity contribution is 7.98. The Bertz CT molecular complexity index is 935. The number of allylic oxidation sites excluding steroid dienone is 2. The van der Waals surface area contributed by atoms with Gasteiger partial charge in [-0.1, -0.05) is 36.4 Å². The number of nitrogens with two attached hydrogens (primary N) is 1. The van der Waals surface area contributed by atoms with Gasteiger partial charge in [0.1, 0.15) is 17.4 Å². The number of hydrogen-bond donors (Lipinski definition) is 1. The number of aryl methyl sites for hydroxylation is 1. The molecular weight excluding hydrogens is 328 g/mol. The number of nitriles is 1. The van der Waals surface area contributed by atoms with Crippen LogP contribution in [0.25, 0.3) is 5.76 Å². The van der Waals surface area contributed by atoms with Crippen molar-refractivity contribution in [3.05, 3.63) is 82.3 Å². The molecule has 1 heterocycles. The standard InChI is InChI=1S/C21H18N2OS/c1-25-15-9-6-14(7-10-15)19-17-11-8-13-4-2-3-5-16(13)20(17)24-21(23)18(19)12-22/h2-7,9-10,19H,8,11,23H2,1H3/t19-/m1/s1. The first-order chi connectivity index (χ1) is 12.2. The van der Waals surface area contributed by atoms with Gasteiger partial charge in [-0.05, 0) is 47.9 Å². The second-order valence-corrected chi connectivity index (χ2v) is 7.09. The zero-order valence-corrected chi connectivity index (χ0v) is 14.8. The summed E-state index contributed by atoms with van der Waals surface area (Å²) in [5.41, 5.74) is 11.2. The quantitative estimate of drug-likeness (QED) is 0.809. The van der Waals surface area contributed by atoms with Gasteiger partial charge in [0.15, 0.2) is 0 Å². The van der Waals surface area contributed by atoms with Crippen LogP contribution in [0.5, 0.6) is 0 Å². The van der Waals surface area contributed by atoms with E-state index in [0.29, 0.717) is 5.57 Å². The van der Waals surface area contributed by atoms with E-state index < -0.39 is 0 Å². The fraction of sp³-hybridized carbons (Fsp3) is 0.190. The third-order valence-corrected chi connectivity index (χ3v) is 5.65. The molecule has 4 heteroatoms. The molecule has 0 saturated carbocycles. The Labute approximate surface area is 151 Å². The minimum Gasteiger partial charge on any atom is -0.440 e. The summed E-state index contributed by atoms with van der Waals surface area (Å²) in [6.07, 6.45) is 3.89. The molecule has 0 radical (unpaired) electrons. The van der Waals surface area contributed by atoms with Gasteiger partial charge in [-0.25, -0.2) is 0 Å². The average Bonchev–Trinajstić information content (AvgIpc) is 2.67. The van der Waals surface area contributed by atoms with Crippen LogP contribution in [0.2, 0.25) is 0 Å². The number of nitrogens with zero attached hydrogens (tertiary/aromatic N) is 1. The van der Waals surface area contributed by atoms with E-state index in [-0.39, 0.29) is 11.8 Å². The highest BCUT2D eigenvalue weighted by atomic mass is 32.2. The SMILES string of the molecule is CSc1ccc([C@H]2C(C#N)=C(N)OC3=C2CCc2ccccc23)cc1.